The molecule has 1 aliphatic heterocycles. The molecule has 4 heteroatoms. The number of unbranched alkanes of at least 4 members (excludes halogenated alkanes) is 1. The Morgan fingerprint density at radius 3 is 2.43 bits per heavy atom. The van der Waals surface area contributed by atoms with Gasteiger partial charge in [-0.2, -0.15) is 0 Å². The van der Waals surface area contributed by atoms with Crippen LogP contribution in [0.25, 0.3) is 22.6 Å². The van der Waals surface area contributed by atoms with Gasteiger partial charge in [0.25, 0.3) is 0 Å². The lowest BCUT2D eigenvalue weighted by molar-refractivity contribution is -0.130. The Hall–Kier alpha value is -3.53. The van der Waals surface area contributed by atoms with Gasteiger partial charge in [0, 0.05) is 5.56 Å². The Labute approximate surface area is 176 Å². The molecule has 1 aliphatic rings. The summed E-state index contributed by atoms with van der Waals surface area (Å²) >= 11 is 0. The fourth-order valence-electron chi connectivity index (χ4n) is 3.31. The number of methoxy groups -OCH3 is 1. The van der Waals surface area contributed by atoms with Crippen molar-refractivity contribution in [2.45, 2.75) is 19.8 Å². The van der Waals surface area contributed by atoms with Crippen molar-refractivity contribution < 1.29 is 19.0 Å². The second kappa shape index (κ2) is 8.87. The van der Waals surface area contributed by atoms with Crippen molar-refractivity contribution in [1.29, 1.82) is 0 Å². The summed E-state index contributed by atoms with van der Waals surface area (Å²) in [4.78, 5) is 12.4. The van der Waals surface area contributed by atoms with E-state index in [1.807, 2.05) is 66.7 Å². The van der Waals surface area contributed by atoms with Crippen molar-refractivity contribution in [1.82, 2.24) is 0 Å². The molecule has 4 rings (SSSR count). The summed E-state index contributed by atoms with van der Waals surface area (Å²) in [6, 6.07) is 19.6. The maximum Gasteiger partial charge on any atom is 0.343 e. The van der Waals surface area contributed by atoms with E-state index in [9.17, 15) is 4.79 Å². The molecule has 0 aliphatic carbocycles. The lowest BCUT2D eigenvalue weighted by atomic mass is 10.0. The third-order valence-corrected chi connectivity index (χ3v) is 5.03. The summed E-state index contributed by atoms with van der Waals surface area (Å²) in [5.41, 5.74) is 2.32. The van der Waals surface area contributed by atoms with E-state index >= 15 is 0 Å². The molecule has 0 unspecified atom stereocenters. The zero-order chi connectivity index (χ0) is 20.9. The van der Waals surface area contributed by atoms with Crippen LogP contribution in [0.3, 0.4) is 0 Å². The predicted molar refractivity (Wildman–Crippen MR) is 119 cm³/mol. The number of ether oxygens (including phenoxy) is 3. The van der Waals surface area contributed by atoms with Crippen LogP contribution in [0.5, 0.6) is 11.5 Å². The SMILES string of the molecule is CCCCOc1ccc(/C=C2/C=C(c3ccc4cc(OC)ccc4c3)OC2=O)cc1. The molecule has 3 aromatic carbocycles. The van der Waals surface area contributed by atoms with Gasteiger partial charge in [0.15, 0.2) is 0 Å². The second-order valence-electron chi connectivity index (χ2n) is 7.20. The molecule has 3 aromatic rings. The number of benzene rings is 3. The average molecular weight is 400 g/mol. The molecule has 4 nitrogen and oxygen atoms in total. The highest BCUT2D eigenvalue weighted by atomic mass is 16.5. The molecule has 0 fully saturated rings. The minimum absolute atomic E-state index is 0.344. The number of rotatable bonds is 7. The summed E-state index contributed by atoms with van der Waals surface area (Å²) in [5.74, 6) is 1.86. The van der Waals surface area contributed by atoms with Crippen LogP contribution < -0.4 is 9.47 Å². The molecule has 0 N–H and O–H groups in total. The third kappa shape index (κ3) is 4.38. The van der Waals surface area contributed by atoms with E-state index in [4.69, 9.17) is 14.2 Å². The van der Waals surface area contributed by atoms with Crippen LogP contribution in [0.15, 0.2) is 72.3 Å². The second-order valence-corrected chi connectivity index (χ2v) is 7.20. The number of hydrogen-bond donors (Lipinski definition) is 0. The van der Waals surface area contributed by atoms with E-state index in [1.165, 1.54) is 0 Å². The Kier molecular flexibility index (Phi) is 5.84. The number of esters is 1. The zero-order valence-corrected chi connectivity index (χ0v) is 17.2. The highest BCUT2D eigenvalue weighted by Gasteiger charge is 2.22. The molecule has 30 heavy (non-hydrogen) atoms. The molecule has 0 saturated carbocycles. The maximum atomic E-state index is 12.4. The van der Waals surface area contributed by atoms with E-state index in [-0.39, 0.29) is 5.97 Å². The lowest BCUT2D eigenvalue weighted by Crippen LogP contribution is -1.97. The van der Waals surface area contributed by atoms with E-state index < -0.39 is 0 Å². The van der Waals surface area contributed by atoms with Gasteiger partial charge in [0.2, 0.25) is 0 Å². The van der Waals surface area contributed by atoms with Crippen molar-refractivity contribution in [3.05, 3.63) is 83.4 Å². The van der Waals surface area contributed by atoms with Gasteiger partial charge in [-0.1, -0.05) is 43.7 Å². The number of hydrogen-bond acceptors (Lipinski definition) is 4. The van der Waals surface area contributed by atoms with Gasteiger partial charge >= 0.3 is 5.97 Å². The Morgan fingerprint density at radius 1 is 0.933 bits per heavy atom. The standard InChI is InChI=1S/C26H24O4/c1-3-4-13-29-23-10-5-18(6-11-23)14-22-17-25(30-26(22)27)21-8-7-20-16-24(28-2)12-9-19(20)15-21/h5-12,14-17H,3-4,13H2,1-2H3/b22-14-. The van der Waals surface area contributed by atoms with E-state index in [2.05, 4.69) is 6.92 Å². The van der Waals surface area contributed by atoms with Crippen molar-refractivity contribution >= 4 is 28.6 Å². The van der Waals surface area contributed by atoms with Crippen LogP contribution in [0.4, 0.5) is 0 Å². The normalized spacial score (nSPS) is 14.7. The molecule has 1 heterocycles. The number of fused-ring (bicyclic) bond motifs is 1. The Morgan fingerprint density at radius 2 is 1.67 bits per heavy atom. The zero-order valence-electron chi connectivity index (χ0n) is 17.2. The monoisotopic (exact) mass is 400 g/mol. The lowest BCUT2D eigenvalue weighted by Gasteiger charge is -2.06. The molecule has 0 spiro atoms. The van der Waals surface area contributed by atoms with Crippen molar-refractivity contribution in [3.8, 4) is 11.5 Å². The van der Waals surface area contributed by atoms with Gasteiger partial charge in [-0.05, 0) is 65.2 Å². The van der Waals surface area contributed by atoms with Crippen LogP contribution in [0.1, 0.15) is 30.9 Å². The molecular weight excluding hydrogens is 376 g/mol. The van der Waals surface area contributed by atoms with E-state index in [0.29, 0.717) is 17.9 Å². The molecule has 152 valence electrons. The van der Waals surface area contributed by atoms with Crippen LogP contribution in [0.2, 0.25) is 0 Å². The molecule has 0 atom stereocenters. The van der Waals surface area contributed by atoms with Crippen molar-refractivity contribution in [3.63, 3.8) is 0 Å². The van der Waals surface area contributed by atoms with Gasteiger partial charge in [-0.3, -0.25) is 0 Å². The van der Waals surface area contributed by atoms with Gasteiger partial charge < -0.3 is 14.2 Å². The maximum absolute atomic E-state index is 12.4. The van der Waals surface area contributed by atoms with Gasteiger partial charge in [-0.15, -0.1) is 0 Å². The van der Waals surface area contributed by atoms with Crippen molar-refractivity contribution in [2.75, 3.05) is 13.7 Å². The molecular formula is C26H24O4. The number of cyclic esters (lactones) is 1. The Bertz CT molecular complexity index is 1120. The summed E-state index contributed by atoms with van der Waals surface area (Å²) in [5, 5.41) is 2.13. The molecule has 0 bridgehead atoms. The summed E-state index contributed by atoms with van der Waals surface area (Å²) in [6.07, 6.45) is 5.76. The number of carbonyl (C=O) groups excluding carboxylic acids is 1. The van der Waals surface area contributed by atoms with Gasteiger partial charge in [0.1, 0.15) is 17.3 Å². The minimum atomic E-state index is -0.344. The minimum Gasteiger partial charge on any atom is -0.497 e. The van der Waals surface area contributed by atoms with Gasteiger partial charge in [-0.25, -0.2) is 4.79 Å². The smallest absolute Gasteiger partial charge is 0.343 e. The Balaban J connectivity index is 1.54. The summed E-state index contributed by atoms with van der Waals surface area (Å²) in [7, 11) is 1.65. The van der Waals surface area contributed by atoms with E-state index in [1.54, 1.807) is 13.2 Å². The topological polar surface area (TPSA) is 44.8 Å². The van der Waals surface area contributed by atoms with Crippen molar-refractivity contribution in [2.24, 2.45) is 0 Å². The molecule has 0 amide bonds. The van der Waals surface area contributed by atoms with Crippen LogP contribution >= 0.6 is 0 Å². The largest absolute Gasteiger partial charge is 0.497 e. The first-order valence-corrected chi connectivity index (χ1v) is 10.1. The van der Waals surface area contributed by atoms with Crippen LogP contribution in [-0.2, 0) is 9.53 Å². The van der Waals surface area contributed by atoms with Crippen LogP contribution in [-0.4, -0.2) is 19.7 Å². The van der Waals surface area contributed by atoms with E-state index in [0.717, 1.165) is 46.2 Å². The quantitative estimate of drug-likeness (QED) is 0.277. The highest BCUT2D eigenvalue weighted by molar-refractivity contribution is 6.05. The molecule has 0 aromatic heterocycles. The molecule has 0 radical (unpaired) electrons. The first-order chi connectivity index (χ1) is 14.7. The highest BCUT2D eigenvalue weighted by Crippen LogP contribution is 2.30. The molecule has 0 saturated heterocycles. The third-order valence-electron chi connectivity index (χ3n) is 5.03. The van der Waals surface area contributed by atoms with Crippen LogP contribution in [0, 0.1) is 0 Å². The fraction of sp³-hybridized carbons (Fsp3) is 0.192. The summed E-state index contributed by atoms with van der Waals surface area (Å²) < 4.78 is 16.5. The average Bonchev–Trinajstić information content (AvgIpc) is 3.14. The summed E-state index contributed by atoms with van der Waals surface area (Å²) in [6.45, 7) is 2.85. The fourth-order valence-corrected chi connectivity index (χ4v) is 3.31. The first-order valence-electron chi connectivity index (χ1n) is 10.1. The first kappa shape index (κ1) is 19.8. The van der Waals surface area contributed by atoms with Gasteiger partial charge in [0.05, 0.1) is 19.3 Å². The predicted octanol–water partition coefficient (Wildman–Crippen LogP) is 6.01. The number of carbonyl (C=O) groups is 1.